The highest BCUT2D eigenvalue weighted by Gasteiger charge is 2.18. The van der Waals surface area contributed by atoms with E-state index in [4.69, 9.17) is 16.6 Å². The van der Waals surface area contributed by atoms with E-state index in [0.29, 0.717) is 13.0 Å². The summed E-state index contributed by atoms with van der Waals surface area (Å²) in [4.78, 5) is 16.5. The topological polar surface area (TPSA) is 46.9 Å². The fraction of sp³-hybridized carbons (Fsp3) is 0.263. The molecule has 0 fully saturated rings. The van der Waals surface area contributed by atoms with Gasteiger partial charge in [-0.05, 0) is 36.8 Å². The Morgan fingerprint density at radius 3 is 2.62 bits per heavy atom. The Morgan fingerprint density at radius 1 is 1.21 bits per heavy atom. The zero-order valence-electron chi connectivity index (χ0n) is 13.8. The van der Waals surface area contributed by atoms with E-state index in [9.17, 15) is 4.79 Å². The first-order valence-corrected chi connectivity index (χ1v) is 8.45. The molecule has 124 valence electrons. The average Bonchev–Trinajstić information content (AvgIpc) is 2.95. The third-order valence-corrected chi connectivity index (χ3v) is 4.28. The van der Waals surface area contributed by atoms with Gasteiger partial charge in [-0.3, -0.25) is 4.79 Å². The van der Waals surface area contributed by atoms with Gasteiger partial charge >= 0.3 is 0 Å². The second-order valence-corrected chi connectivity index (χ2v) is 6.25. The third kappa shape index (κ3) is 3.44. The number of nitrogens with zero attached hydrogens (tertiary/aromatic N) is 2. The van der Waals surface area contributed by atoms with Gasteiger partial charge in [-0.2, -0.15) is 0 Å². The van der Waals surface area contributed by atoms with Crippen LogP contribution >= 0.6 is 11.6 Å². The molecule has 2 aromatic carbocycles. The minimum atomic E-state index is -0.155. The summed E-state index contributed by atoms with van der Waals surface area (Å²) >= 11 is 5.98. The number of fused-ring (bicyclic) bond motifs is 1. The number of carbonyl (C=O) groups is 1. The van der Waals surface area contributed by atoms with Crippen molar-refractivity contribution in [1.82, 2.24) is 14.9 Å². The molecule has 0 bridgehead atoms. The number of halogens is 1. The minimum absolute atomic E-state index is 0.0209. The van der Waals surface area contributed by atoms with Crippen LogP contribution in [0.25, 0.3) is 11.0 Å². The number of imidazole rings is 1. The van der Waals surface area contributed by atoms with Crippen molar-refractivity contribution < 1.29 is 4.79 Å². The quantitative estimate of drug-likeness (QED) is 0.751. The van der Waals surface area contributed by atoms with E-state index in [0.717, 1.165) is 27.4 Å². The number of hydrogen-bond donors (Lipinski definition) is 1. The van der Waals surface area contributed by atoms with Gasteiger partial charge in [-0.25, -0.2) is 4.98 Å². The molecule has 0 spiro atoms. The summed E-state index contributed by atoms with van der Waals surface area (Å²) < 4.78 is 2.15. The average molecular weight is 342 g/mol. The van der Waals surface area contributed by atoms with Crippen LogP contribution in [0.3, 0.4) is 0 Å². The zero-order chi connectivity index (χ0) is 17.1. The molecule has 24 heavy (non-hydrogen) atoms. The lowest BCUT2D eigenvalue weighted by Gasteiger charge is -2.16. The Hall–Kier alpha value is -2.33. The summed E-state index contributed by atoms with van der Waals surface area (Å²) in [6.07, 6.45) is 0.460. The number of para-hydroxylation sites is 2. The van der Waals surface area contributed by atoms with Crippen LogP contribution in [0.15, 0.2) is 48.5 Å². The standard InChI is InChI=1S/C19H20ClN3O/c1-3-18(24)21-13(2)19-22-16-6-4-5-7-17(16)23(19)12-14-8-10-15(20)11-9-14/h4-11,13H,3,12H2,1-2H3,(H,21,24)/t13-/m1/s1. The molecule has 0 unspecified atom stereocenters. The first kappa shape index (κ1) is 16.5. The largest absolute Gasteiger partial charge is 0.346 e. The Morgan fingerprint density at radius 2 is 1.92 bits per heavy atom. The molecular formula is C19H20ClN3O. The van der Waals surface area contributed by atoms with Gasteiger partial charge < -0.3 is 9.88 Å². The molecule has 0 saturated carbocycles. The van der Waals surface area contributed by atoms with Crippen molar-refractivity contribution in [3.8, 4) is 0 Å². The predicted molar refractivity (Wildman–Crippen MR) is 97.1 cm³/mol. The smallest absolute Gasteiger partial charge is 0.220 e. The van der Waals surface area contributed by atoms with Crippen molar-refractivity contribution in [2.24, 2.45) is 0 Å². The summed E-state index contributed by atoms with van der Waals surface area (Å²) in [7, 11) is 0. The lowest BCUT2D eigenvalue weighted by Crippen LogP contribution is -2.28. The van der Waals surface area contributed by atoms with E-state index in [1.165, 1.54) is 0 Å². The number of hydrogen-bond acceptors (Lipinski definition) is 2. The van der Waals surface area contributed by atoms with Crippen LogP contribution in [0.1, 0.15) is 37.7 Å². The number of benzene rings is 2. The van der Waals surface area contributed by atoms with Crippen LogP contribution in [0.5, 0.6) is 0 Å². The maximum atomic E-state index is 11.8. The predicted octanol–water partition coefficient (Wildman–Crippen LogP) is 4.33. The van der Waals surface area contributed by atoms with Crippen LogP contribution < -0.4 is 5.32 Å². The van der Waals surface area contributed by atoms with E-state index in [1.807, 2.05) is 56.3 Å². The number of rotatable bonds is 5. The van der Waals surface area contributed by atoms with E-state index in [1.54, 1.807) is 0 Å². The lowest BCUT2D eigenvalue weighted by atomic mass is 10.2. The molecule has 1 heterocycles. The van der Waals surface area contributed by atoms with Gasteiger partial charge in [0, 0.05) is 18.0 Å². The monoisotopic (exact) mass is 341 g/mol. The van der Waals surface area contributed by atoms with E-state index in [-0.39, 0.29) is 11.9 Å². The highest BCUT2D eigenvalue weighted by atomic mass is 35.5. The summed E-state index contributed by atoms with van der Waals surface area (Å²) in [6, 6.07) is 15.7. The van der Waals surface area contributed by atoms with Crippen LogP contribution in [-0.2, 0) is 11.3 Å². The first-order chi connectivity index (χ1) is 11.6. The van der Waals surface area contributed by atoms with Crippen molar-refractivity contribution in [2.75, 3.05) is 0 Å². The van der Waals surface area contributed by atoms with E-state index < -0.39 is 0 Å². The van der Waals surface area contributed by atoms with Crippen molar-refractivity contribution in [2.45, 2.75) is 32.9 Å². The molecule has 1 atom stereocenters. The lowest BCUT2D eigenvalue weighted by molar-refractivity contribution is -0.121. The SMILES string of the molecule is CCC(=O)N[C@H](C)c1nc2ccccc2n1Cc1ccc(Cl)cc1. The molecule has 1 amide bonds. The Labute approximate surface area is 146 Å². The third-order valence-electron chi connectivity index (χ3n) is 4.02. The molecule has 0 aliphatic rings. The van der Waals surface area contributed by atoms with Gasteiger partial charge in [0.05, 0.1) is 17.1 Å². The zero-order valence-corrected chi connectivity index (χ0v) is 14.5. The van der Waals surface area contributed by atoms with Gasteiger partial charge in [0.2, 0.25) is 5.91 Å². The Bertz CT molecular complexity index is 855. The fourth-order valence-electron chi connectivity index (χ4n) is 2.77. The van der Waals surface area contributed by atoms with Crippen LogP contribution in [0, 0.1) is 0 Å². The molecule has 0 saturated heterocycles. The summed E-state index contributed by atoms with van der Waals surface area (Å²) in [6.45, 7) is 4.49. The van der Waals surface area contributed by atoms with Gasteiger partial charge in [0.25, 0.3) is 0 Å². The van der Waals surface area contributed by atoms with Crippen LogP contribution in [0.4, 0.5) is 0 Å². The number of aromatic nitrogens is 2. The normalized spacial score (nSPS) is 12.3. The van der Waals surface area contributed by atoms with E-state index >= 15 is 0 Å². The minimum Gasteiger partial charge on any atom is -0.346 e. The Balaban J connectivity index is 2.01. The molecule has 1 aromatic heterocycles. The summed E-state index contributed by atoms with van der Waals surface area (Å²) in [5, 5.41) is 3.72. The maximum absolute atomic E-state index is 11.8. The molecule has 1 N–H and O–H groups in total. The Kier molecular flexibility index (Phi) is 4.86. The molecule has 0 aliphatic heterocycles. The molecular weight excluding hydrogens is 322 g/mol. The number of nitrogens with one attached hydrogen (secondary N) is 1. The van der Waals surface area contributed by atoms with Crippen LogP contribution in [-0.4, -0.2) is 15.5 Å². The molecule has 5 heteroatoms. The molecule has 3 rings (SSSR count). The van der Waals surface area contributed by atoms with Crippen molar-refractivity contribution in [1.29, 1.82) is 0 Å². The van der Waals surface area contributed by atoms with Crippen LogP contribution in [0.2, 0.25) is 5.02 Å². The number of carbonyl (C=O) groups excluding carboxylic acids is 1. The van der Waals surface area contributed by atoms with Crippen molar-refractivity contribution in [3.63, 3.8) is 0 Å². The number of amides is 1. The highest BCUT2D eigenvalue weighted by Crippen LogP contribution is 2.23. The highest BCUT2D eigenvalue weighted by molar-refractivity contribution is 6.30. The molecule has 4 nitrogen and oxygen atoms in total. The van der Waals surface area contributed by atoms with Crippen molar-refractivity contribution in [3.05, 3.63) is 64.9 Å². The maximum Gasteiger partial charge on any atom is 0.220 e. The van der Waals surface area contributed by atoms with E-state index in [2.05, 4.69) is 16.0 Å². The van der Waals surface area contributed by atoms with Gasteiger partial charge in [-0.15, -0.1) is 0 Å². The molecule has 0 aliphatic carbocycles. The second kappa shape index (κ2) is 7.05. The van der Waals surface area contributed by atoms with Gasteiger partial charge in [0.15, 0.2) is 0 Å². The fourth-order valence-corrected chi connectivity index (χ4v) is 2.90. The molecule has 0 radical (unpaired) electrons. The van der Waals surface area contributed by atoms with Gasteiger partial charge in [-0.1, -0.05) is 42.8 Å². The molecule has 3 aromatic rings. The summed E-state index contributed by atoms with van der Waals surface area (Å²) in [5.74, 6) is 0.876. The second-order valence-electron chi connectivity index (χ2n) is 5.81. The summed E-state index contributed by atoms with van der Waals surface area (Å²) in [5.41, 5.74) is 3.12. The first-order valence-electron chi connectivity index (χ1n) is 8.07. The van der Waals surface area contributed by atoms with Gasteiger partial charge in [0.1, 0.15) is 5.82 Å². The van der Waals surface area contributed by atoms with Crippen molar-refractivity contribution >= 4 is 28.5 Å².